The first-order valence-corrected chi connectivity index (χ1v) is 7.68. The number of anilines is 1. The van der Waals surface area contributed by atoms with Gasteiger partial charge in [0.15, 0.2) is 0 Å². The van der Waals surface area contributed by atoms with Gasteiger partial charge < -0.3 is 10.4 Å². The summed E-state index contributed by atoms with van der Waals surface area (Å²) in [5.41, 5.74) is 1.46. The highest BCUT2D eigenvalue weighted by molar-refractivity contribution is 5.97. The molecule has 2 N–H and O–H groups in total. The number of hydrogen-bond acceptors (Lipinski definition) is 3. The van der Waals surface area contributed by atoms with Crippen molar-refractivity contribution in [3.8, 4) is 16.9 Å². The van der Waals surface area contributed by atoms with Gasteiger partial charge in [-0.3, -0.25) is 9.48 Å². The molecule has 2 aromatic carbocycles. The van der Waals surface area contributed by atoms with Crippen LogP contribution in [0, 0.1) is 0 Å². The molecule has 0 aliphatic rings. The normalized spacial score (nSPS) is 11.2. The standard InChI is InChI=1S/C19H19N3O2/c1-19(2,18(24)21-16-10-6-7-11-17(16)23)22-13-15(12-20-22)14-8-4-3-5-9-14/h3-13,23H,1-2H3,(H,21,24). The lowest BCUT2D eigenvalue weighted by Gasteiger charge is -2.24. The Kier molecular flexibility index (Phi) is 4.08. The number of nitrogens with zero attached hydrogens (tertiary/aromatic N) is 2. The van der Waals surface area contributed by atoms with Crippen molar-refractivity contribution in [2.75, 3.05) is 5.32 Å². The lowest BCUT2D eigenvalue weighted by Crippen LogP contribution is -2.40. The number of benzene rings is 2. The third-order valence-electron chi connectivity index (χ3n) is 3.97. The van der Waals surface area contributed by atoms with E-state index >= 15 is 0 Å². The Labute approximate surface area is 140 Å². The molecule has 1 aromatic heterocycles. The Morgan fingerprint density at radius 1 is 1.04 bits per heavy atom. The molecule has 0 aliphatic heterocycles. The number of hydrogen-bond donors (Lipinski definition) is 2. The smallest absolute Gasteiger partial charge is 0.251 e. The van der Waals surface area contributed by atoms with Crippen LogP contribution >= 0.6 is 0 Å². The maximum Gasteiger partial charge on any atom is 0.251 e. The van der Waals surface area contributed by atoms with E-state index in [1.807, 2.05) is 36.5 Å². The predicted molar refractivity (Wildman–Crippen MR) is 93.7 cm³/mol. The van der Waals surface area contributed by atoms with Crippen LogP contribution in [0.15, 0.2) is 67.0 Å². The summed E-state index contributed by atoms with van der Waals surface area (Å²) in [7, 11) is 0. The van der Waals surface area contributed by atoms with Gasteiger partial charge in [0, 0.05) is 11.8 Å². The van der Waals surface area contributed by atoms with Gasteiger partial charge in [0.2, 0.25) is 0 Å². The van der Waals surface area contributed by atoms with Gasteiger partial charge in [-0.1, -0.05) is 42.5 Å². The highest BCUT2D eigenvalue weighted by Crippen LogP contribution is 2.26. The van der Waals surface area contributed by atoms with Crippen LogP contribution < -0.4 is 5.32 Å². The molecule has 3 rings (SSSR count). The minimum atomic E-state index is -0.907. The molecule has 0 saturated heterocycles. The number of nitrogens with one attached hydrogen (secondary N) is 1. The Bertz CT molecular complexity index is 854. The molecule has 0 atom stereocenters. The summed E-state index contributed by atoms with van der Waals surface area (Å²) in [6.45, 7) is 3.56. The van der Waals surface area contributed by atoms with Crippen LogP contribution in [0.1, 0.15) is 13.8 Å². The summed E-state index contributed by atoms with van der Waals surface area (Å²) >= 11 is 0. The van der Waals surface area contributed by atoms with Gasteiger partial charge in [0.1, 0.15) is 11.3 Å². The number of rotatable bonds is 4. The molecular weight excluding hydrogens is 302 g/mol. The van der Waals surface area contributed by atoms with Crippen LogP contribution in [0.2, 0.25) is 0 Å². The van der Waals surface area contributed by atoms with E-state index in [4.69, 9.17) is 0 Å². The number of carbonyl (C=O) groups is 1. The second-order valence-electron chi connectivity index (χ2n) is 6.07. The first-order valence-electron chi connectivity index (χ1n) is 7.68. The Morgan fingerprint density at radius 2 is 1.71 bits per heavy atom. The number of amides is 1. The first kappa shape index (κ1) is 15.8. The summed E-state index contributed by atoms with van der Waals surface area (Å²) in [6.07, 6.45) is 3.59. The van der Waals surface area contributed by atoms with Gasteiger partial charge >= 0.3 is 0 Å². The largest absolute Gasteiger partial charge is 0.506 e. The van der Waals surface area contributed by atoms with Gasteiger partial charge in [0.25, 0.3) is 5.91 Å². The van der Waals surface area contributed by atoms with Crippen LogP contribution in [0.25, 0.3) is 11.1 Å². The minimum Gasteiger partial charge on any atom is -0.506 e. The van der Waals surface area contributed by atoms with Gasteiger partial charge in [-0.25, -0.2) is 0 Å². The Balaban J connectivity index is 1.84. The predicted octanol–water partition coefficient (Wildman–Crippen LogP) is 3.63. The average Bonchev–Trinajstić information content (AvgIpc) is 3.08. The number of phenols is 1. The van der Waals surface area contributed by atoms with Crippen LogP contribution in [-0.4, -0.2) is 20.8 Å². The topological polar surface area (TPSA) is 67.2 Å². The second-order valence-corrected chi connectivity index (χ2v) is 6.07. The Hall–Kier alpha value is -3.08. The van der Waals surface area contributed by atoms with Crippen LogP contribution in [0.3, 0.4) is 0 Å². The van der Waals surface area contributed by atoms with Crippen LogP contribution in [0.5, 0.6) is 5.75 Å². The second kappa shape index (κ2) is 6.20. The number of aromatic hydroxyl groups is 1. The van der Waals surface area contributed by atoms with E-state index in [-0.39, 0.29) is 11.7 Å². The highest BCUT2D eigenvalue weighted by atomic mass is 16.3. The van der Waals surface area contributed by atoms with E-state index in [9.17, 15) is 9.90 Å². The monoisotopic (exact) mass is 321 g/mol. The first-order chi connectivity index (χ1) is 11.5. The van der Waals surface area contributed by atoms with E-state index < -0.39 is 5.54 Å². The third kappa shape index (κ3) is 3.01. The van der Waals surface area contributed by atoms with Crippen molar-refractivity contribution in [2.45, 2.75) is 19.4 Å². The number of carbonyl (C=O) groups excluding carboxylic acids is 1. The molecule has 24 heavy (non-hydrogen) atoms. The van der Waals surface area contributed by atoms with Crippen LogP contribution in [0.4, 0.5) is 5.69 Å². The van der Waals surface area contributed by atoms with Gasteiger partial charge in [0.05, 0.1) is 11.9 Å². The lowest BCUT2D eigenvalue weighted by atomic mass is 10.0. The van der Waals surface area contributed by atoms with Crippen molar-refractivity contribution in [1.82, 2.24) is 9.78 Å². The van der Waals surface area contributed by atoms with Crippen molar-refractivity contribution in [1.29, 1.82) is 0 Å². The number of phenolic OH excluding ortho intramolecular Hbond substituents is 1. The molecule has 0 bridgehead atoms. The number of para-hydroxylation sites is 2. The lowest BCUT2D eigenvalue weighted by molar-refractivity contribution is -0.123. The maximum atomic E-state index is 12.6. The molecule has 1 amide bonds. The third-order valence-corrected chi connectivity index (χ3v) is 3.97. The fourth-order valence-electron chi connectivity index (χ4n) is 2.37. The van der Waals surface area contributed by atoms with Crippen LogP contribution in [-0.2, 0) is 10.3 Å². The van der Waals surface area contributed by atoms with Crippen molar-refractivity contribution in [2.24, 2.45) is 0 Å². The molecule has 5 nitrogen and oxygen atoms in total. The molecule has 0 unspecified atom stereocenters. The zero-order chi connectivity index (χ0) is 17.2. The van der Waals surface area contributed by atoms with E-state index in [0.717, 1.165) is 11.1 Å². The van der Waals surface area contributed by atoms with Gasteiger partial charge in [-0.05, 0) is 31.5 Å². The van der Waals surface area contributed by atoms with Crippen molar-refractivity contribution >= 4 is 11.6 Å². The summed E-state index contributed by atoms with van der Waals surface area (Å²) in [6, 6.07) is 16.5. The van der Waals surface area contributed by atoms with Crippen molar-refractivity contribution < 1.29 is 9.90 Å². The van der Waals surface area contributed by atoms with Gasteiger partial charge in [-0.15, -0.1) is 0 Å². The fourth-order valence-corrected chi connectivity index (χ4v) is 2.37. The summed E-state index contributed by atoms with van der Waals surface area (Å²) in [4.78, 5) is 12.6. The van der Waals surface area contributed by atoms with Gasteiger partial charge in [-0.2, -0.15) is 5.10 Å². The van der Waals surface area contributed by atoms with E-state index in [1.165, 1.54) is 6.07 Å². The van der Waals surface area contributed by atoms with Crippen molar-refractivity contribution in [3.05, 3.63) is 67.0 Å². The number of aromatic nitrogens is 2. The summed E-state index contributed by atoms with van der Waals surface area (Å²) in [5, 5.41) is 16.9. The molecule has 0 radical (unpaired) electrons. The summed E-state index contributed by atoms with van der Waals surface area (Å²) < 4.78 is 1.63. The zero-order valence-corrected chi connectivity index (χ0v) is 13.6. The quantitative estimate of drug-likeness (QED) is 0.721. The highest BCUT2D eigenvalue weighted by Gasteiger charge is 2.31. The zero-order valence-electron chi connectivity index (χ0n) is 13.6. The minimum absolute atomic E-state index is 0.0343. The maximum absolute atomic E-state index is 12.6. The fraction of sp³-hybridized carbons (Fsp3) is 0.158. The van der Waals surface area contributed by atoms with Crippen molar-refractivity contribution in [3.63, 3.8) is 0 Å². The average molecular weight is 321 g/mol. The van der Waals surface area contributed by atoms with E-state index in [1.54, 1.807) is 42.9 Å². The molecular formula is C19H19N3O2. The molecule has 122 valence electrons. The Morgan fingerprint density at radius 3 is 2.42 bits per heavy atom. The molecule has 0 saturated carbocycles. The molecule has 1 heterocycles. The summed E-state index contributed by atoms with van der Waals surface area (Å²) in [5.74, 6) is -0.223. The molecule has 3 aromatic rings. The van der Waals surface area contributed by atoms with E-state index in [2.05, 4.69) is 10.4 Å². The molecule has 0 fully saturated rings. The molecule has 0 aliphatic carbocycles. The molecule has 5 heteroatoms. The van der Waals surface area contributed by atoms with E-state index in [0.29, 0.717) is 5.69 Å². The molecule has 0 spiro atoms. The SMILES string of the molecule is CC(C)(C(=O)Nc1ccccc1O)n1cc(-c2ccccc2)cn1.